The van der Waals surface area contributed by atoms with Crippen LogP contribution in [-0.2, 0) is 0 Å². The van der Waals surface area contributed by atoms with Gasteiger partial charge in [-0.15, -0.1) is 0 Å². The normalized spacial score (nSPS) is 26.5. The predicted octanol–water partition coefficient (Wildman–Crippen LogP) is 2.70. The Morgan fingerprint density at radius 3 is 2.78 bits per heavy atom. The van der Waals surface area contributed by atoms with Crippen molar-refractivity contribution in [1.29, 1.82) is 0 Å². The van der Waals surface area contributed by atoms with E-state index in [0.29, 0.717) is 12.1 Å². The molecule has 2 rings (SSSR count). The highest BCUT2D eigenvalue weighted by Gasteiger charge is 2.35. The second kappa shape index (κ2) is 4.94. The number of likely N-dealkylation sites (tertiary alicyclic amines) is 1. The van der Waals surface area contributed by atoms with E-state index in [9.17, 15) is 8.78 Å². The molecule has 0 aromatic heterocycles. The first kappa shape index (κ1) is 13.4. The second-order valence-corrected chi connectivity index (χ2v) is 5.58. The van der Waals surface area contributed by atoms with Crippen LogP contribution >= 0.6 is 0 Å². The summed E-state index contributed by atoms with van der Waals surface area (Å²) < 4.78 is 26.9. The van der Waals surface area contributed by atoms with E-state index in [1.165, 1.54) is 12.1 Å². The van der Waals surface area contributed by atoms with Crippen molar-refractivity contribution < 1.29 is 8.78 Å². The Morgan fingerprint density at radius 2 is 2.17 bits per heavy atom. The lowest BCUT2D eigenvalue weighted by Gasteiger charge is -2.27. The molecule has 4 heteroatoms. The summed E-state index contributed by atoms with van der Waals surface area (Å²) >= 11 is 0. The second-order valence-electron chi connectivity index (χ2n) is 5.58. The molecule has 1 aromatic rings. The van der Waals surface area contributed by atoms with Gasteiger partial charge in [-0.2, -0.15) is 0 Å². The molecule has 1 aromatic carbocycles. The van der Waals surface area contributed by atoms with Crippen molar-refractivity contribution in [3.8, 4) is 0 Å². The first-order chi connectivity index (χ1) is 8.45. The fourth-order valence-corrected chi connectivity index (χ4v) is 2.59. The van der Waals surface area contributed by atoms with Gasteiger partial charge in [-0.3, -0.25) is 4.90 Å². The monoisotopic (exact) mass is 254 g/mol. The van der Waals surface area contributed by atoms with Gasteiger partial charge in [0.2, 0.25) is 0 Å². The molecular weight excluding hydrogens is 234 g/mol. The van der Waals surface area contributed by atoms with Crippen LogP contribution in [0.4, 0.5) is 8.78 Å². The van der Waals surface area contributed by atoms with Crippen molar-refractivity contribution in [2.24, 2.45) is 11.1 Å². The fourth-order valence-electron chi connectivity index (χ4n) is 2.59. The zero-order valence-corrected chi connectivity index (χ0v) is 10.9. The third-order valence-electron chi connectivity index (χ3n) is 4.04. The van der Waals surface area contributed by atoms with Crippen LogP contribution in [0, 0.1) is 17.0 Å². The van der Waals surface area contributed by atoms with E-state index in [1.54, 1.807) is 0 Å². The molecule has 2 unspecified atom stereocenters. The van der Waals surface area contributed by atoms with Crippen LogP contribution in [0.15, 0.2) is 18.2 Å². The summed E-state index contributed by atoms with van der Waals surface area (Å²) in [6, 6.07) is 3.52. The summed E-state index contributed by atoms with van der Waals surface area (Å²) in [5, 5.41) is 0. The molecule has 1 heterocycles. The molecule has 2 atom stereocenters. The quantitative estimate of drug-likeness (QED) is 0.898. The van der Waals surface area contributed by atoms with Gasteiger partial charge < -0.3 is 5.73 Å². The van der Waals surface area contributed by atoms with Crippen molar-refractivity contribution in [3.63, 3.8) is 0 Å². The molecule has 0 amide bonds. The summed E-state index contributed by atoms with van der Waals surface area (Å²) in [6.07, 6.45) is 1.00. The van der Waals surface area contributed by atoms with E-state index >= 15 is 0 Å². The standard InChI is InChI=1S/C14H20F2N2/c1-10(12-7-11(15)3-4-13(12)16)18-6-5-14(2,8-17)9-18/h3-4,7,10H,5-6,8-9,17H2,1-2H3. The summed E-state index contributed by atoms with van der Waals surface area (Å²) in [5.41, 5.74) is 6.28. The Balaban J connectivity index is 2.17. The molecule has 0 saturated carbocycles. The van der Waals surface area contributed by atoms with E-state index < -0.39 is 0 Å². The number of benzene rings is 1. The molecule has 18 heavy (non-hydrogen) atoms. The van der Waals surface area contributed by atoms with Crippen LogP contribution in [-0.4, -0.2) is 24.5 Å². The molecule has 100 valence electrons. The zero-order chi connectivity index (χ0) is 13.3. The summed E-state index contributed by atoms with van der Waals surface area (Å²) in [5.74, 6) is -0.732. The highest BCUT2D eigenvalue weighted by Crippen LogP contribution is 2.35. The number of nitrogens with zero attached hydrogens (tertiary/aromatic N) is 1. The molecule has 2 N–H and O–H groups in total. The SMILES string of the molecule is CC(c1cc(F)ccc1F)N1CCC(C)(CN)C1. The van der Waals surface area contributed by atoms with Gasteiger partial charge in [0.1, 0.15) is 11.6 Å². The Bertz CT molecular complexity index is 436. The Labute approximate surface area is 107 Å². The molecule has 1 aliphatic heterocycles. The topological polar surface area (TPSA) is 29.3 Å². The molecule has 0 radical (unpaired) electrons. The zero-order valence-electron chi connectivity index (χ0n) is 10.9. The smallest absolute Gasteiger partial charge is 0.128 e. The van der Waals surface area contributed by atoms with Crippen molar-refractivity contribution in [3.05, 3.63) is 35.4 Å². The molecule has 0 bridgehead atoms. The first-order valence-corrected chi connectivity index (χ1v) is 6.34. The summed E-state index contributed by atoms with van der Waals surface area (Å²) in [4.78, 5) is 2.17. The van der Waals surface area contributed by atoms with Gasteiger partial charge in [-0.25, -0.2) is 8.78 Å². The van der Waals surface area contributed by atoms with E-state index in [2.05, 4.69) is 11.8 Å². The van der Waals surface area contributed by atoms with Gasteiger partial charge in [0.25, 0.3) is 0 Å². The lowest BCUT2D eigenvalue weighted by atomic mass is 9.90. The van der Waals surface area contributed by atoms with Crippen molar-refractivity contribution >= 4 is 0 Å². The number of nitrogens with two attached hydrogens (primary N) is 1. The summed E-state index contributed by atoms with van der Waals surface area (Å²) in [7, 11) is 0. The number of hydrogen-bond acceptors (Lipinski definition) is 2. The minimum atomic E-state index is -0.390. The number of rotatable bonds is 3. The van der Waals surface area contributed by atoms with Gasteiger partial charge in [0.05, 0.1) is 0 Å². The van der Waals surface area contributed by atoms with Crippen LogP contribution < -0.4 is 5.73 Å². The van der Waals surface area contributed by atoms with E-state index in [1.807, 2.05) is 6.92 Å². The number of halogens is 2. The Kier molecular flexibility index (Phi) is 3.69. The van der Waals surface area contributed by atoms with Gasteiger partial charge >= 0.3 is 0 Å². The van der Waals surface area contributed by atoms with Crippen LogP contribution in [0.3, 0.4) is 0 Å². The molecule has 0 aliphatic carbocycles. The predicted molar refractivity (Wildman–Crippen MR) is 68.1 cm³/mol. The van der Waals surface area contributed by atoms with Crippen LogP contribution in [0.5, 0.6) is 0 Å². The third-order valence-corrected chi connectivity index (χ3v) is 4.04. The van der Waals surface area contributed by atoms with E-state index in [0.717, 1.165) is 25.6 Å². The molecule has 1 aliphatic rings. The minimum absolute atomic E-state index is 0.0953. The first-order valence-electron chi connectivity index (χ1n) is 6.34. The average molecular weight is 254 g/mol. The Hall–Kier alpha value is -1.00. The Morgan fingerprint density at radius 1 is 1.44 bits per heavy atom. The van der Waals surface area contributed by atoms with Crippen molar-refractivity contribution in [2.45, 2.75) is 26.3 Å². The van der Waals surface area contributed by atoms with E-state index in [4.69, 9.17) is 5.73 Å². The average Bonchev–Trinajstić information content (AvgIpc) is 2.75. The molecule has 1 saturated heterocycles. The molecule has 0 spiro atoms. The largest absolute Gasteiger partial charge is 0.330 e. The maximum atomic E-state index is 13.7. The van der Waals surface area contributed by atoms with Crippen LogP contribution in [0.1, 0.15) is 31.9 Å². The molecular formula is C14H20F2N2. The van der Waals surface area contributed by atoms with Crippen LogP contribution in [0.2, 0.25) is 0 Å². The van der Waals surface area contributed by atoms with Crippen LogP contribution in [0.25, 0.3) is 0 Å². The highest BCUT2D eigenvalue weighted by molar-refractivity contribution is 5.22. The maximum absolute atomic E-state index is 13.7. The van der Waals surface area contributed by atoms with Crippen molar-refractivity contribution in [2.75, 3.05) is 19.6 Å². The fraction of sp³-hybridized carbons (Fsp3) is 0.571. The van der Waals surface area contributed by atoms with Gasteiger partial charge in [-0.05, 0) is 50.0 Å². The summed E-state index contributed by atoms with van der Waals surface area (Å²) in [6.45, 7) is 6.40. The lowest BCUT2D eigenvalue weighted by Crippen LogP contribution is -2.32. The van der Waals surface area contributed by atoms with Gasteiger partial charge in [0, 0.05) is 18.2 Å². The van der Waals surface area contributed by atoms with Crippen molar-refractivity contribution in [1.82, 2.24) is 4.90 Å². The number of hydrogen-bond donors (Lipinski definition) is 1. The lowest BCUT2D eigenvalue weighted by molar-refractivity contribution is 0.223. The van der Waals surface area contributed by atoms with Gasteiger partial charge in [0.15, 0.2) is 0 Å². The molecule has 1 fully saturated rings. The van der Waals surface area contributed by atoms with Gasteiger partial charge in [-0.1, -0.05) is 6.92 Å². The minimum Gasteiger partial charge on any atom is -0.330 e. The molecule has 2 nitrogen and oxygen atoms in total. The van der Waals surface area contributed by atoms with E-state index in [-0.39, 0.29) is 23.1 Å². The highest BCUT2D eigenvalue weighted by atomic mass is 19.1. The maximum Gasteiger partial charge on any atom is 0.128 e. The third kappa shape index (κ3) is 2.54.